The molecule has 3 heteroatoms. The van der Waals surface area contributed by atoms with E-state index >= 15 is 0 Å². The van der Waals surface area contributed by atoms with E-state index in [2.05, 4.69) is 202 Å². The Balaban J connectivity index is 0.988. The Labute approximate surface area is 353 Å². The first-order valence-corrected chi connectivity index (χ1v) is 21.5. The van der Waals surface area contributed by atoms with Crippen molar-refractivity contribution in [3.8, 4) is 67.3 Å². The smallest absolute Gasteiger partial charge is 0.160 e. The van der Waals surface area contributed by atoms with E-state index in [1.807, 2.05) is 17.4 Å². The molecule has 0 atom stereocenters. The van der Waals surface area contributed by atoms with Crippen LogP contribution in [-0.2, 0) is 5.41 Å². The molecule has 60 heavy (non-hydrogen) atoms. The first-order valence-electron chi connectivity index (χ1n) is 20.7. The van der Waals surface area contributed by atoms with Crippen LogP contribution in [0, 0.1) is 0 Å². The zero-order valence-corrected chi connectivity index (χ0v) is 34.1. The molecular formula is C57H38N2S. The molecule has 0 N–H and O–H groups in total. The minimum atomic E-state index is -0.0801. The standard InChI is InChI=1S/C57H38N2S/c1-57(2)47-23-12-21-41(54(47)55-40-17-7-6-14-35(40)30-33-48(55)57)37-28-26-36(27-29-37)39-31-32-44(43-19-9-8-18-42(39)43)49-34-50(59-56(58-49)38-15-4-3-5-16-38)45-22-13-25-52-53(45)46-20-10-11-24-51(46)60-52/h3-34H,1-2H3. The van der Waals surface area contributed by atoms with Gasteiger partial charge in [-0.2, -0.15) is 0 Å². The number of rotatable bonds is 5. The first kappa shape index (κ1) is 34.8. The fourth-order valence-corrected chi connectivity index (χ4v) is 11.0. The van der Waals surface area contributed by atoms with Crippen molar-refractivity contribution in [3.63, 3.8) is 0 Å². The molecule has 0 bridgehead atoms. The van der Waals surface area contributed by atoms with E-state index < -0.39 is 0 Å². The van der Waals surface area contributed by atoms with Crippen molar-refractivity contribution in [2.45, 2.75) is 19.3 Å². The van der Waals surface area contributed by atoms with Crippen LogP contribution in [0.5, 0.6) is 0 Å². The third-order valence-electron chi connectivity index (χ3n) is 12.7. The van der Waals surface area contributed by atoms with Gasteiger partial charge in [-0.15, -0.1) is 11.3 Å². The molecule has 0 fully saturated rings. The monoisotopic (exact) mass is 782 g/mol. The van der Waals surface area contributed by atoms with Crippen molar-refractivity contribution in [3.05, 3.63) is 205 Å². The van der Waals surface area contributed by atoms with Gasteiger partial charge >= 0.3 is 0 Å². The topological polar surface area (TPSA) is 25.8 Å². The molecule has 9 aromatic carbocycles. The van der Waals surface area contributed by atoms with E-state index in [1.165, 1.54) is 80.8 Å². The third-order valence-corrected chi connectivity index (χ3v) is 13.9. The molecule has 0 unspecified atom stereocenters. The molecule has 0 saturated heterocycles. The highest BCUT2D eigenvalue weighted by atomic mass is 32.1. The summed E-state index contributed by atoms with van der Waals surface area (Å²) in [5.74, 6) is 0.717. The van der Waals surface area contributed by atoms with E-state index in [4.69, 9.17) is 9.97 Å². The largest absolute Gasteiger partial charge is 0.228 e. The Kier molecular flexibility index (Phi) is 7.79. The Morgan fingerprint density at radius 3 is 1.77 bits per heavy atom. The second-order valence-corrected chi connectivity index (χ2v) is 17.5. The molecule has 0 saturated carbocycles. The molecule has 11 aromatic rings. The molecule has 0 aliphatic heterocycles. The van der Waals surface area contributed by atoms with Gasteiger partial charge in [-0.25, -0.2) is 9.97 Å². The number of benzene rings is 9. The van der Waals surface area contributed by atoms with Gasteiger partial charge in [0.1, 0.15) is 0 Å². The van der Waals surface area contributed by atoms with Gasteiger partial charge in [0, 0.05) is 42.3 Å². The number of hydrogen-bond acceptors (Lipinski definition) is 3. The van der Waals surface area contributed by atoms with Crippen molar-refractivity contribution in [2.24, 2.45) is 0 Å². The summed E-state index contributed by atoms with van der Waals surface area (Å²) in [5.41, 5.74) is 15.4. The highest BCUT2D eigenvalue weighted by Gasteiger charge is 2.37. The molecule has 1 aliphatic rings. The second-order valence-electron chi connectivity index (χ2n) is 16.5. The summed E-state index contributed by atoms with van der Waals surface area (Å²) < 4.78 is 2.54. The van der Waals surface area contributed by atoms with E-state index in [9.17, 15) is 0 Å². The van der Waals surface area contributed by atoms with Gasteiger partial charge < -0.3 is 0 Å². The van der Waals surface area contributed by atoms with Gasteiger partial charge in [-0.3, -0.25) is 0 Å². The lowest BCUT2D eigenvalue weighted by Crippen LogP contribution is -2.14. The lowest BCUT2D eigenvalue weighted by Gasteiger charge is -2.21. The maximum Gasteiger partial charge on any atom is 0.160 e. The average molecular weight is 783 g/mol. The lowest BCUT2D eigenvalue weighted by molar-refractivity contribution is 0.661. The molecule has 0 radical (unpaired) electrons. The van der Waals surface area contributed by atoms with Crippen LogP contribution in [0.4, 0.5) is 0 Å². The van der Waals surface area contributed by atoms with Crippen molar-refractivity contribution < 1.29 is 0 Å². The highest BCUT2D eigenvalue weighted by molar-refractivity contribution is 7.25. The highest BCUT2D eigenvalue weighted by Crippen LogP contribution is 2.54. The Morgan fingerprint density at radius 1 is 0.383 bits per heavy atom. The number of nitrogens with zero attached hydrogens (tertiary/aromatic N) is 2. The van der Waals surface area contributed by atoms with E-state index in [1.54, 1.807) is 0 Å². The zero-order chi connectivity index (χ0) is 40.0. The maximum atomic E-state index is 5.29. The van der Waals surface area contributed by atoms with Crippen molar-refractivity contribution in [2.75, 3.05) is 0 Å². The molecule has 12 rings (SSSR count). The Bertz CT molecular complexity index is 3500. The molecule has 2 nitrogen and oxygen atoms in total. The van der Waals surface area contributed by atoms with Crippen molar-refractivity contribution in [1.29, 1.82) is 0 Å². The first-order chi connectivity index (χ1) is 29.5. The molecule has 1 aliphatic carbocycles. The maximum absolute atomic E-state index is 5.29. The van der Waals surface area contributed by atoms with Gasteiger partial charge in [0.2, 0.25) is 0 Å². The van der Waals surface area contributed by atoms with Gasteiger partial charge in [0.25, 0.3) is 0 Å². The summed E-state index contributed by atoms with van der Waals surface area (Å²) >= 11 is 1.83. The summed E-state index contributed by atoms with van der Waals surface area (Å²) in [6.07, 6.45) is 0. The molecule has 2 aromatic heterocycles. The second kappa shape index (κ2) is 13.4. The number of hydrogen-bond donors (Lipinski definition) is 0. The van der Waals surface area contributed by atoms with Gasteiger partial charge in [0.15, 0.2) is 5.82 Å². The minimum absolute atomic E-state index is 0.0801. The van der Waals surface area contributed by atoms with Crippen LogP contribution in [0.1, 0.15) is 25.0 Å². The normalized spacial score (nSPS) is 13.0. The fraction of sp³-hybridized carbons (Fsp3) is 0.0526. The molecule has 0 amide bonds. The minimum Gasteiger partial charge on any atom is -0.228 e. The van der Waals surface area contributed by atoms with Crippen LogP contribution in [0.25, 0.3) is 109 Å². The summed E-state index contributed by atoms with van der Waals surface area (Å²) in [5, 5.41) is 7.46. The fourth-order valence-electron chi connectivity index (χ4n) is 9.82. The van der Waals surface area contributed by atoms with Crippen molar-refractivity contribution >= 4 is 53.1 Å². The van der Waals surface area contributed by atoms with E-state index in [0.29, 0.717) is 0 Å². The molecule has 2 heterocycles. The zero-order valence-electron chi connectivity index (χ0n) is 33.3. The number of thiophene rings is 1. The Hall–Kier alpha value is -7.20. The Morgan fingerprint density at radius 2 is 0.967 bits per heavy atom. The van der Waals surface area contributed by atoms with Crippen LogP contribution in [0.2, 0.25) is 0 Å². The van der Waals surface area contributed by atoms with E-state index in [-0.39, 0.29) is 5.41 Å². The number of fused-ring (bicyclic) bond motifs is 9. The van der Waals surface area contributed by atoms with Crippen molar-refractivity contribution in [1.82, 2.24) is 9.97 Å². The van der Waals surface area contributed by atoms with Gasteiger partial charge in [-0.05, 0) is 84.3 Å². The molecule has 282 valence electrons. The van der Waals surface area contributed by atoms with Crippen LogP contribution in [0.15, 0.2) is 194 Å². The predicted molar refractivity (Wildman–Crippen MR) is 255 cm³/mol. The third kappa shape index (κ3) is 5.33. The summed E-state index contributed by atoms with van der Waals surface area (Å²) in [6.45, 7) is 4.73. The van der Waals surface area contributed by atoms with Crippen LogP contribution < -0.4 is 0 Å². The van der Waals surface area contributed by atoms with Crippen LogP contribution in [-0.4, -0.2) is 9.97 Å². The van der Waals surface area contributed by atoms with Gasteiger partial charge in [-0.1, -0.05) is 190 Å². The number of aromatic nitrogens is 2. The predicted octanol–water partition coefficient (Wildman–Crippen LogP) is 15.8. The van der Waals surface area contributed by atoms with Gasteiger partial charge in [0.05, 0.1) is 11.4 Å². The molecule has 0 spiro atoms. The quantitative estimate of drug-likeness (QED) is 0.174. The SMILES string of the molecule is CC1(C)c2cccc(-c3ccc(-c4ccc(-c5cc(-c6cccc7sc8ccccc8c67)nc(-c6ccccc6)n5)c5ccccc45)cc3)c2-c2c1ccc1ccccc21. The van der Waals surface area contributed by atoms with Crippen LogP contribution >= 0.6 is 11.3 Å². The molecular weight excluding hydrogens is 745 g/mol. The van der Waals surface area contributed by atoms with E-state index in [0.717, 1.165) is 39.3 Å². The lowest BCUT2D eigenvalue weighted by atomic mass is 9.81. The summed E-state index contributed by atoms with van der Waals surface area (Å²) in [7, 11) is 0. The van der Waals surface area contributed by atoms with Crippen LogP contribution in [0.3, 0.4) is 0 Å². The summed E-state index contributed by atoms with van der Waals surface area (Å²) in [4.78, 5) is 10.6. The summed E-state index contributed by atoms with van der Waals surface area (Å²) in [6, 6.07) is 70.6. The average Bonchev–Trinajstić information content (AvgIpc) is 3.81.